The van der Waals surface area contributed by atoms with Gasteiger partial charge in [-0.25, -0.2) is 0 Å². The van der Waals surface area contributed by atoms with Crippen molar-refractivity contribution < 1.29 is 33.6 Å². The van der Waals surface area contributed by atoms with Crippen LogP contribution in [-0.4, -0.2) is 50.4 Å². The Morgan fingerprint density at radius 3 is 2.56 bits per heavy atom. The molecule has 1 saturated carbocycles. The van der Waals surface area contributed by atoms with Crippen LogP contribution in [-0.2, 0) is 16.0 Å². The third-order valence-corrected chi connectivity index (χ3v) is 7.58. The van der Waals surface area contributed by atoms with E-state index in [1.807, 2.05) is 30.3 Å². The molecule has 1 aliphatic heterocycles. The van der Waals surface area contributed by atoms with Crippen molar-refractivity contribution >= 4 is 11.8 Å². The molecule has 5 rings (SSSR count). The fourth-order valence-corrected chi connectivity index (χ4v) is 5.38. The minimum Gasteiger partial charge on any atom is -0.493 e. The van der Waals surface area contributed by atoms with Crippen molar-refractivity contribution in [1.29, 1.82) is 0 Å². The second-order valence-electron chi connectivity index (χ2n) is 9.50. The summed E-state index contributed by atoms with van der Waals surface area (Å²) in [7, 11) is 3.17. The van der Waals surface area contributed by atoms with Crippen LogP contribution in [0.2, 0.25) is 0 Å². The Balaban J connectivity index is 1.48. The summed E-state index contributed by atoms with van der Waals surface area (Å²) in [5.41, 5.74) is 3.42. The van der Waals surface area contributed by atoms with Crippen molar-refractivity contribution in [3.05, 3.63) is 41.5 Å². The third-order valence-electron chi connectivity index (χ3n) is 7.58. The number of hydrogen-bond acceptors (Lipinski definition) is 6. The topological polar surface area (TPSA) is 91.3 Å². The number of Topliss-reactive ketones (excluding diaryl/α,β-unsaturated/α-hetero) is 1. The van der Waals surface area contributed by atoms with Gasteiger partial charge >= 0.3 is 5.97 Å². The molecule has 2 aromatic carbocycles. The monoisotopic (exact) mass is 466 g/mol. The highest BCUT2D eigenvalue weighted by molar-refractivity contribution is 6.02. The van der Waals surface area contributed by atoms with Crippen LogP contribution in [0.15, 0.2) is 30.3 Å². The van der Waals surface area contributed by atoms with Gasteiger partial charge in [0.15, 0.2) is 17.3 Å². The number of carbonyl (C=O) groups is 2. The molecule has 34 heavy (non-hydrogen) atoms. The van der Waals surface area contributed by atoms with E-state index in [0.29, 0.717) is 56.1 Å². The molecule has 0 spiro atoms. The summed E-state index contributed by atoms with van der Waals surface area (Å²) in [6.45, 7) is 0.857. The van der Waals surface area contributed by atoms with Gasteiger partial charge in [0.2, 0.25) is 5.75 Å². The van der Waals surface area contributed by atoms with Gasteiger partial charge in [-0.05, 0) is 55.4 Å². The second kappa shape index (κ2) is 8.95. The molecule has 1 saturated heterocycles. The fourth-order valence-electron chi connectivity index (χ4n) is 5.38. The first kappa shape index (κ1) is 22.7. The highest BCUT2D eigenvalue weighted by Crippen LogP contribution is 2.54. The Kier molecular flexibility index (Phi) is 5.98. The molecule has 180 valence electrons. The molecule has 7 heteroatoms. The summed E-state index contributed by atoms with van der Waals surface area (Å²) >= 11 is 0. The molecular formula is C27H30O7. The van der Waals surface area contributed by atoms with E-state index in [1.165, 1.54) is 0 Å². The Hall–Kier alpha value is -3.06. The molecule has 2 unspecified atom stereocenters. The minimum atomic E-state index is -0.755. The van der Waals surface area contributed by atoms with E-state index < -0.39 is 5.97 Å². The number of benzene rings is 2. The predicted molar refractivity (Wildman–Crippen MR) is 125 cm³/mol. The van der Waals surface area contributed by atoms with Crippen LogP contribution in [0.3, 0.4) is 0 Å². The molecule has 1 N–H and O–H groups in total. The Labute approximate surface area is 199 Å². The van der Waals surface area contributed by atoms with Gasteiger partial charge in [-0.1, -0.05) is 18.2 Å². The molecule has 2 aliphatic carbocycles. The summed E-state index contributed by atoms with van der Waals surface area (Å²) in [4.78, 5) is 23.9. The average molecular weight is 467 g/mol. The average Bonchev–Trinajstić information content (AvgIpc) is 3.57. The lowest BCUT2D eigenvalue weighted by molar-refractivity contribution is -0.149. The molecule has 2 aromatic rings. The Bertz CT molecular complexity index is 1120. The number of methoxy groups -OCH3 is 2. The third kappa shape index (κ3) is 3.92. The molecule has 7 nitrogen and oxygen atoms in total. The van der Waals surface area contributed by atoms with Crippen LogP contribution in [0.4, 0.5) is 0 Å². The van der Waals surface area contributed by atoms with Crippen molar-refractivity contribution in [1.82, 2.24) is 0 Å². The fraction of sp³-hybridized carbons (Fsp3) is 0.481. The number of ether oxygens (including phenoxy) is 4. The standard InChI is InChI=1S/C27H30O7/c1-31-22-9-7-20(17-4-3-5-19-18(17)6-8-21(19)28)24(25(22)32-2)34-15-27(11-12-27)23-14-16(26(29)30)10-13-33-23/h3-5,7,9,16,23H,6,8,10-15H2,1-2H3,(H,29,30). The van der Waals surface area contributed by atoms with E-state index >= 15 is 0 Å². The first-order chi connectivity index (χ1) is 16.5. The number of fused-ring (bicyclic) bond motifs is 1. The van der Waals surface area contributed by atoms with Crippen LogP contribution in [0.1, 0.15) is 48.0 Å². The molecule has 0 aromatic heterocycles. The first-order valence-corrected chi connectivity index (χ1v) is 11.8. The van der Waals surface area contributed by atoms with Gasteiger partial charge in [0, 0.05) is 29.6 Å². The molecule has 2 fully saturated rings. The molecule has 0 radical (unpaired) electrons. The zero-order chi connectivity index (χ0) is 23.9. The van der Waals surface area contributed by atoms with E-state index in [0.717, 1.165) is 35.1 Å². The Morgan fingerprint density at radius 2 is 1.85 bits per heavy atom. The SMILES string of the molecule is COc1ccc(-c2cccc3c2CCC3=O)c(OCC2(C3CC(C(=O)O)CCO3)CC2)c1OC. The van der Waals surface area contributed by atoms with Crippen LogP contribution in [0, 0.1) is 11.3 Å². The highest BCUT2D eigenvalue weighted by Gasteiger charge is 2.53. The van der Waals surface area contributed by atoms with Crippen molar-refractivity contribution in [2.24, 2.45) is 11.3 Å². The zero-order valence-corrected chi connectivity index (χ0v) is 19.6. The number of carboxylic acid groups (broad SMARTS) is 1. The van der Waals surface area contributed by atoms with Gasteiger partial charge < -0.3 is 24.1 Å². The zero-order valence-electron chi connectivity index (χ0n) is 19.6. The molecule has 2 atom stereocenters. The van der Waals surface area contributed by atoms with E-state index in [4.69, 9.17) is 18.9 Å². The van der Waals surface area contributed by atoms with Gasteiger partial charge in [-0.2, -0.15) is 0 Å². The van der Waals surface area contributed by atoms with Crippen LogP contribution < -0.4 is 14.2 Å². The summed E-state index contributed by atoms with van der Waals surface area (Å²) in [6.07, 6.45) is 4.00. The van der Waals surface area contributed by atoms with E-state index in [9.17, 15) is 14.7 Å². The quantitative estimate of drug-likeness (QED) is 0.611. The summed E-state index contributed by atoms with van der Waals surface area (Å²) in [6, 6.07) is 9.61. The highest BCUT2D eigenvalue weighted by atomic mass is 16.5. The van der Waals surface area contributed by atoms with Crippen LogP contribution >= 0.6 is 0 Å². The molecular weight excluding hydrogens is 436 g/mol. The smallest absolute Gasteiger partial charge is 0.306 e. The minimum absolute atomic E-state index is 0.138. The number of ketones is 1. The Morgan fingerprint density at radius 1 is 1.06 bits per heavy atom. The predicted octanol–water partition coefficient (Wildman–Crippen LogP) is 4.54. The number of hydrogen-bond donors (Lipinski definition) is 1. The lowest BCUT2D eigenvalue weighted by Gasteiger charge is -2.33. The molecule has 0 bridgehead atoms. The molecule has 0 amide bonds. The van der Waals surface area contributed by atoms with E-state index in [1.54, 1.807) is 14.2 Å². The maximum atomic E-state index is 12.3. The van der Waals surface area contributed by atoms with Gasteiger partial charge in [0.1, 0.15) is 0 Å². The number of carboxylic acids is 1. The van der Waals surface area contributed by atoms with Crippen molar-refractivity contribution in [3.63, 3.8) is 0 Å². The second-order valence-corrected chi connectivity index (χ2v) is 9.50. The lowest BCUT2D eigenvalue weighted by Crippen LogP contribution is -2.38. The normalized spacial score (nSPS) is 22.7. The van der Waals surface area contributed by atoms with E-state index in [2.05, 4.69) is 0 Å². The van der Waals surface area contributed by atoms with Crippen molar-refractivity contribution in [2.45, 2.75) is 44.6 Å². The number of aliphatic carboxylic acids is 1. The maximum Gasteiger partial charge on any atom is 0.306 e. The lowest BCUT2D eigenvalue weighted by atomic mass is 9.87. The number of carbonyl (C=O) groups excluding carboxylic acids is 1. The number of rotatable bonds is 8. The summed E-state index contributed by atoms with van der Waals surface area (Å²) in [5, 5.41) is 9.49. The first-order valence-electron chi connectivity index (χ1n) is 11.8. The van der Waals surface area contributed by atoms with Gasteiger partial charge in [0.25, 0.3) is 0 Å². The van der Waals surface area contributed by atoms with Crippen molar-refractivity contribution in [2.75, 3.05) is 27.4 Å². The summed E-state index contributed by atoms with van der Waals surface area (Å²) < 4.78 is 23.8. The summed E-state index contributed by atoms with van der Waals surface area (Å²) in [5.74, 6) is 0.683. The van der Waals surface area contributed by atoms with Crippen molar-refractivity contribution in [3.8, 4) is 28.4 Å². The maximum absolute atomic E-state index is 12.3. The van der Waals surface area contributed by atoms with Crippen LogP contribution in [0.25, 0.3) is 11.1 Å². The van der Waals surface area contributed by atoms with Crippen LogP contribution in [0.5, 0.6) is 17.2 Å². The van der Waals surface area contributed by atoms with Gasteiger partial charge in [-0.15, -0.1) is 0 Å². The molecule has 3 aliphatic rings. The van der Waals surface area contributed by atoms with Gasteiger partial charge in [-0.3, -0.25) is 9.59 Å². The van der Waals surface area contributed by atoms with Gasteiger partial charge in [0.05, 0.1) is 32.8 Å². The van der Waals surface area contributed by atoms with E-state index in [-0.39, 0.29) is 23.2 Å². The molecule has 1 heterocycles. The largest absolute Gasteiger partial charge is 0.493 e.